The van der Waals surface area contributed by atoms with E-state index in [0.29, 0.717) is 11.7 Å². The highest BCUT2D eigenvalue weighted by molar-refractivity contribution is 7.99. The van der Waals surface area contributed by atoms with Crippen molar-refractivity contribution in [2.24, 2.45) is 5.92 Å². The zero-order chi connectivity index (χ0) is 20.1. The molecule has 1 amide bonds. The molecule has 3 heterocycles. The van der Waals surface area contributed by atoms with Gasteiger partial charge in [0.05, 0.1) is 18.8 Å². The molecule has 2 aromatic rings. The molecule has 2 aliphatic heterocycles. The Morgan fingerprint density at radius 2 is 1.86 bits per heavy atom. The quantitative estimate of drug-likeness (QED) is 0.652. The lowest BCUT2D eigenvalue weighted by molar-refractivity contribution is -0.130. The molecule has 0 aliphatic carbocycles. The van der Waals surface area contributed by atoms with Gasteiger partial charge in [0.2, 0.25) is 5.91 Å². The van der Waals surface area contributed by atoms with Crippen LogP contribution >= 0.6 is 11.8 Å². The molecule has 0 spiro atoms. The molecule has 2 saturated heterocycles. The lowest BCUT2D eigenvalue weighted by Gasteiger charge is -2.30. The third kappa shape index (κ3) is 5.39. The highest BCUT2D eigenvalue weighted by Gasteiger charge is 2.23. The summed E-state index contributed by atoms with van der Waals surface area (Å²) in [6.45, 7) is 7.84. The average molecular weight is 414 g/mol. The molecule has 0 radical (unpaired) electrons. The number of aromatic nitrogens is 3. The van der Waals surface area contributed by atoms with Gasteiger partial charge in [-0.25, -0.2) is 0 Å². The minimum Gasteiger partial charge on any atom is -0.342 e. The van der Waals surface area contributed by atoms with Crippen molar-refractivity contribution in [2.75, 3.05) is 31.9 Å². The highest BCUT2D eigenvalue weighted by Crippen LogP contribution is 2.23. The van der Waals surface area contributed by atoms with E-state index >= 15 is 0 Å². The smallest absolute Gasteiger partial charge is 0.233 e. The Bertz CT molecular complexity index is 803. The fraction of sp³-hybridized carbons (Fsp3) is 0.591. The number of benzene rings is 1. The van der Waals surface area contributed by atoms with Crippen LogP contribution in [0.5, 0.6) is 0 Å². The standard InChI is InChI=1S/C22H31N5OS/c1-18-8-7-13-26(14-18)21(28)17-29-22-24-23-20(16-25-11-5-6-12-25)27(22)15-19-9-3-2-4-10-19/h2-4,9-10,18H,5-8,11-17H2,1H3. The van der Waals surface area contributed by atoms with Crippen LogP contribution < -0.4 is 0 Å². The number of amides is 1. The van der Waals surface area contributed by atoms with Crippen molar-refractivity contribution in [1.82, 2.24) is 24.6 Å². The van der Waals surface area contributed by atoms with Crippen molar-refractivity contribution in [3.8, 4) is 0 Å². The summed E-state index contributed by atoms with van der Waals surface area (Å²) in [6.07, 6.45) is 4.86. The number of carbonyl (C=O) groups is 1. The first-order valence-corrected chi connectivity index (χ1v) is 11.8. The van der Waals surface area contributed by atoms with E-state index in [9.17, 15) is 4.79 Å². The summed E-state index contributed by atoms with van der Waals surface area (Å²) >= 11 is 1.53. The third-order valence-corrected chi connectivity index (χ3v) is 6.83. The van der Waals surface area contributed by atoms with Crippen LogP contribution in [0.25, 0.3) is 0 Å². The van der Waals surface area contributed by atoms with Crippen molar-refractivity contribution >= 4 is 17.7 Å². The number of hydrogen-bond donors (Lipinski definition) is 0. The molecule has 29 heavy (non-hydrogen) atoms. The second-order valence-electron chi connectivity index (χ2n) is 8.33. The van der Waals surface area contributed by atoms with Gasteiger partial charge in [0.15, 0.2) is 5.16 Å². The molecule has 7 heteroatoms. The van der Waals surface area contributed by atoms with Crippen LogP contribution in [-0.4, -0.2) is 62.4 Å². The number of piperidine rings is 1. The Morgan fingerprint density at radius 1 is 1.07 bits per heavy atom. The van der Waals surface area contributed by atoms with Crippen molar-refractivity contribution in [1.29, 1.82) is 0 Å². The average Bonchev–Trinajstić information content (AvgIpc) is 3.38. The molecule has 0 N–H and O–H groups in total. The molecule has 1 aromatic carbocycles. The number of likely N-dealkylation sites (tertiary alicyclic amines) is 2. The maximum atomic E-state index is 12.7. The van der Waals surface area contributed by atoms with Crippen LogP contribution in [0, 0.1) is 5.92 Å². The van der Waals surface area contributed by atoms with Crippen LogP contribution in [0.4, 0.5) is 0 Å². The topological polar surface area (TPSA) is 54.3 Å². The predicted octanol–water partition coefficient (Wildman–Crippen LogP) is 3.27. The van der Waals surface area contributed by atoms with Gasteiger partial charge in [0.25, 0.3) is 0 Å². The number of thioether (sulfide) groups is 1. The SMILES string of the molecule is CC1CCCN(C(=O)CSc2nnc(CN3CCCC3)n2Cc2ccccc2)C1. The van der Waals surface area contributed by atoms with E-state index in [2.05, 4.69) is 50.9 Å². The van der Waals surface area contributed by atoms with Gasteiger partial charge in [-0.15, -0.1) is 10.2 Å². The van der Waals surface area contributed by atoms with Crippen molar-refractivity contribution in [2.45, 2.75) is 50.9 Å². The number of rotatable bonds is 7. The minimum atomic E-state index is 0.219. The summed E-state index contributed by atoms with van der Waals surface area (Å²) in [6, 6.07) is 10.4. The van der Waals surface area contributed by atoms with Crippen molar-refractivity contribution in [3.63, 3.8) is 0 Å². The largest absolute Gasteiger partial charge is 0.342 e. The van der Waals surface area contributed by atoms with Crippen molar-refractivity contribution < 1.29 is 4.79 Å². The fourth-order valence-electron chi connectivity index (χ4n) is 4.24. The maximum absolute atomic E-state index is 12.7. The second kappa shape index (κ2) is 9.76. The van der Waals surface area contributed by atoms with Gasteiger partial charge >= 0.3 is 0 Å². The first-order chi connectivity index (χ1) is 14.2. The first kappa shape index (κ1) is 20.4. The lowest BCUT2D eigenvalue weighted by atomic mass is 10.0. The zero-order valence-corrected chi connectivity index (χ0v) is 18.1. The van der Waals surface area contributed by atoms with Gasteiger partial charge in [-0.05, 0) is 50.3 Å². The van der Waals surface area contributed by atoms with Gasteiger partial charge in [-0.3, -0.25) is 9.69 Å². The van der Waals surface area contributed by atoms with E-state index in [1.807, 2.05) is 11.0 Å². The molecule has 0 saturated carbocycles. The van der Waals surface area contributed by atoms with Crippen LogP contribution in [0.2, 0.25) is 0 Å². The first-order valence-electron chi connectivity index (χ1n) is 10.8. The zero-order valence-electron chi connectivity index (χ0n) is 17.3. The van der Waals surface area contributed by atoms with Gasteiger partial charge < -0.3 is 9.47 Å². The summed E-state index contributed by atoms with van der Waals surface area (Å²) in [4.78, 5) is 17.2. The maximum Gasteiger partial charge on any atom is 0.233 e. The van der Waals surface area contributed by atoms with E-state index in [1.165, 1.54) is 36.6 Å². The number of hydrogen-bond acceptors (Lipinski definition) is 5. The molecule has 6 nitrogen and oxygen atoms in total. The van der Waals surface area contributed by atoms with E-state index in [1.54, 1.807) is 0 Å². The Morgan fingerprint density at radius 3 is 2.62 bits per heavy atom. The van der Waals surface area contributed by atoms with E-state index in [-0.39, 0.29) is 5.91 Å². The van der Waals surface area contributed by atoms with Gasteiger partial charge in [-0.1, -0.05) is 49.0 Å². The second-order valence-corrected chi connectivity index (χ2v) is 9.27. The molecule has 156 valence electrons. The molecule has 1 atom stereocenters. The van der Waals surface area contributed by atoms with Crippen LogP contribution in [0.15, 0.2) is 35.5 Å². The lowest BCUT2D eigenvalue weighted by Crippen LogP contribution is -2.40. The molecule has 0 bridgehead atoms. The van der Waals surface area contributed by atoms with Crippen LogP contribution in [-0.2, 0) is 17.9 Å². The normalized spacial score (nSPS) is 20.3. The number of carbonyl (C=O) groups excluding carboxylic acids is 1. The summed E-state index contributed by atoms with van der Waals surface area (Å²) < 4.78 is 2.20. The van der Waals surface area contributed by atoms with E-state index < -0.39 is 0 Å². The van der Waals surface area contributed by atoms with Gasteiger partial charge in [0.1, 0.15) is 5.82 Å². The van der Waals surface area contributed by atoms with Crippen LogP contribution in [0.1, 0.15) is 44.0 Å². The molecule has 4 rings (SSSR count). The Balaban J connectivity index is 1.46. The summed E-state index contributed by atoms with van der Waals surface area (Å²) in [5, 5.41) is 9.82. The van der Waals surface area contributed by atoms with Gasteiger partial charge in [0, 0.05) is 13.1 Å². The molecule has 1 aromatic heterocycles. The van der Waals surface area contributed by atoms with Gasteiger partial charge in [-0.2, -0.15) is 0 Å². The summed E-state index contributed by atoms with van der Waals surface area (Å²) in [7, 11) is 0. The Kier molecular flexibility index (Phi) is 6.87. The Labute approximate surface area is 177 Å². The van der Waals surface area contributed by atoms with E-state index in [4.69, 9.17) is 0 Å². The van der Waals surface area contributed by atoms with Crippen LogP contribution in [0.3, 0.4) is 0 Å². The van der Waals surface area contributed by atoms with E-state index in [0.717, 1.165) is 56.7 Å². The summed E-state index contributed by atoms with van der Waals surface area (Å²) in [5.74, 6) is 2.25. The molecular formula is C22H31N5OS. The monoisotopic (exact) mass is 413 g/mol. The Hall–Kier alpha value is -1.86. The summed E-state index contributed by atoms with van der Waals surface area (Å²) in [5.41, 5.74) is 1.23. The molecule has 1 unspecified atom stereocenters. The minimum absolute atomic E-state index is 0.219. The molecular weight excluding hydrogens is 382 g/mol. The number of nitrogens with zero attached hydrogens (tertiary/aromatic N) is 5. The predicted molar refractivity (Wildman–Crippen MR) is 116 cm³/mol. The highest BCUT2D eigenvalue weighted by atomic mass is 32.2. The molecule has 2 aliphatic rings. The third-order valence-electron chi connectivity index (χ3n) is 5.88. The molecule has 2 fully saturated rings. The fourth-order valence-corrected chi connectivity index (χ4v) is 5.10. The van der Waals surface area contributed by atoms with Crippen molar-refractivity contribution in [3.05, 3.63) is 41.7 Å².